The lowest BCUT2D eigenvalue weighted by Gasteiger charge is -2.18. The number of aliphatic hydroxyl groups excluding tert-OH is 1. The lowest BCUT2D eigenvalue weighted by atomic mass is 10.0. The van der Waals surface area contributed by atoms with E-state index in [-0.39, 0.29) is 12.5 Å². The zero-order valence-electron chi connectivity index (χ0n) is 13.0. The predicted octanol–water partition coefficient (Wildman–Crippen LogP) is 1.04. The third kappa shape index (κ3) is 3.84. The maximum Gasteiger partial charge on any atom is 0.317 e. The molecule has 6 nitrogen and oxygen atoms in total. The van der Waals surface area contributed by atoms with Crippen molar-refractivity contribution in [3.8, 4) is 0 Å². The summed E-state index contributed by atoms with van der Waals surface area (Å²) in [4.78, 5) is 25.5. The molecule has 0 aliphatic carbocycles. The lowest BCUT2D eigenvalue weighted by molar-refractivity contribution is -0.138. The van der Waals surface area contributed by atoms with Crippen LogP contribution in [0.15, 0.2) is 18.2 Å². The summed E-state index contributed by atoms with van der Waals surface area (Å²) >= 11 is 0. The molecular formula is C16H22N2O4. The molecule has 1 aromatic carbocycles. The van der Waals surface area contributed by atoms with Gasteiger partial charge in [0, 0.05) is 25.7 Å². The van der Waals surface area contributed by atoms with Crippen LogP contribution >= 0.6 is 0 Å². The smallest absolute Gasteiger partial charge is 0.317 e. The van der Waals surface area contributed by atoms with Crippen molar-refractivity contribution in [1.82, 2.24) is 4.90 Å². The molecule has 0 saturated carbocycles. The summed E-state index contributed by atoms with van der Waals surface area (Å²) in [5.41, 5.74) is 2.81. The van der Waals surface area contributed by atoms with E-state index in [2.05, 4.69) is 0 Å². The van der Waals surface area contributed by atoms with Gasteiger partial charge in [-0.25, -0.2) is 0 Å². The molecule has 0 radical (unpaired) electrons. The number of anilines is 1. The van der Waals surface area contributed by atoms with E-state index >= 15 is 0 Å². The summed E-state index contributed by atoms with van der Waals surface area (Å²) in [6.45, 7) is 2.70. The van der Waals surface area contributed by atoms with Crippen LogP contribution < -0.4 is 4.90 Å². The molecule has 1 aliphatic heterocycles. The van der Waals surface area contributed by atoms with Gasteiger partial charge in [0.1, 0.15) is 0 Å². The highest BCUT2D eigenvalue weighted by molar-refractivity contribution is 5.93. The Labute approximate surface area is 130 Å². The Bertz CT molecular complexity index is 573. The number of hydrogen-bond donors (Lipinski definition) is 2. The number of benzene rings is 1. The molecule has 2 N–H and O–H groups in total. The third-order valence-corrected chi connectivity index (χ3v) is 3.95. The van der Waals surface area contributed by atoms with Gasteiger partial charge < -0.3 is 15.1 Å². The molecule has 1 heterocycles. The van der Waals surface area contributed by atoms with Crippen molar-refractivity contribution in [1.29, 1.82) is 0 Å². The number of hydrogen-bond acceptors (Lipinski definition) is 4. The van der Waals surface area contributed by atoms with E-state index in [1.165, 1.54) is 0 Å². The first-order chi connectivity index (χ1) is 10.4. The Morgan fingerprint density at radius 3 is 2.77 bits per heavy atom. The number of carboxylic acids is 1. The number of carbonyl (C=O) groups is 2. The quantitative estimate of drug-likeness (QED) is 0.820. The number of amides is 1. The first-order valence-electron chi connectivity index (χ1n) is 7.38. The SMILES string of the molecule is CC(=O)N1CCc2cc(C(O)CCN(C)CC(=O)O)ccc21. The van der Waals surface area contributed by atoms with Crippen molar-refractivity contribution in [2.75, 3.05) is 31.6 Å². The molecule has 0 saturated heterocycles. The average molecular weight is 306 g/mol. The fraction of sp³-hybridized carbons (Fsp3) is 0.500. The van der Waals surface area contributed by atoms with Crippen LogP contribution in [0.25, 0.3) is 0 Å². The molecule has 0 bridgehead atoms. The van der Waals surface area contributed by atoms with Crippen molar-refractivity contribution < 1.29 is 19.8 Å². The van der Waals surface area contributed by atoms with Gasteiger partial charge >= 0.3 is 5.97 Å². The van der Waals surface area contributed by atoms with Gasteiger partial charge in [0.05, 0.1) is 12.6 Å². The topological polar surface area (TPSA) is 81.1 Å². The molecule has 6 heteroatoms. The predicted molar refractivity (Wildman–Crippen MR) is 82.9 cm³/mol. The maximum absolute atomic E-state index is 11.5. The second kappa shape index (κ2) is 6.89. The van der Waals surface area contributed by atoms with Crippen LogP contribution in [0.2, 0.25) is 0 Å². The number of fused-ring (bicyclic) bond motifs is 1. The number of likely N-dealkylation sites (N-methyl/N-ethyl adjacent to an activating group) is 1. The van der Waals surface area contributed by atoms with E-state index < -0.39 is 12.1 Å². The molecule has 2 rings (SSSR count). The molecule has 0 fully saturated rings. The summed E-state index contributed by atoms with van der Waals surface area (Å²) in [7, 11) is 1.72. The van der Waals surface area contributed by atoms with Gasteiger partial charge in [-0.1, -0.05) is 12.1 Å². The molecule has 1 unspecified atom stereocenters. The highest BCUT2D eigenvalue weighted by Gasteiger charge is 2.23. The Morgan fingerprint density at radius 1 is 1.41 bits per heavy atom. The Kier molecular flexibility index (Phi) is 5.15. The van der Waals surface area contributed by atoms with Crippen LogP contribution in [-0.4, -0.2) is 53.7 Å². The standard InChI is InChI=1S/C16H22N2O4/c1-11(19)18-8-5-12-9-13(3-4-14(12)18)15(20)6-7-17(2)10-16(21)22/h3-4,9,15,20H,5-8,10H2,1-2H3,(H,21,22). The molecule has 0 aromatic heterocycles. The first kappa shape index (κ1) is 16.5. The van der Waals surface area contributed by atoms with Gasteiger partial charge in [-0.05, 0) is 37.1 Å². The number of carbonyl (C=O) groups excluding carboxylic acids is 1. The normalized spacial score (nSPS) is 15.0. The second-order valence-electron chi connectivity index (χ2n) is 5.74. The number of aliphatic carboxylic acids is 1. The molecule has 120 valence electrons. The van der Waals surface area contributed by atoms with Crippen LogP contribution in [0.4, 0.5) is 5.69 Å². The largest absolute Gasteiger partial charge is 0.480 e. The number of carboxylic acid groups (broad SMARTS) is 1. The fourth-order valence-electron chi connectivity index (χ4n) is 2.78. The zero-order valence-corrected chi connectivity index (χ0v) is 13.0. The van der Waals surface area contributed by atoms with Crippen LogP contribution in [-0.2, 0) is 16.0 Å². The molecule has 22 heavy (non-hydrogen) atoms. The van der Waals surface area contributed by atoms with Crippen molar-refractivity contribution >= 4 is 17.6 Å². The van der Waals surface area contributed by atoms with E-state index in [0.29, 0.717) is 19.5 Å². The molecular weight excluding hydrogens is 284 g/mol. The van der Waals surface area contributed by atoms with Crippen molar-refractivity contribution in [2.45, 2.75) is 25.9 Å². The van der Waals surface area contributed by atoms with Gasteiger partial charge in [-0.2, -0.15) is 0 Å². The minimum atomic E-state index is -0.876. The van der Waals surface area contributed by atoms with Gasteiger partial charge in [0.2, 0.25) is 5.91 Å². The Balaban J connectivity index is 1.99. The lowest BCUT2D eigenvalue weighted by Crippen LogP contribution is -2.27. The maximum atomic E-state index is 11.5. The number of rotatable bonds is 6. The molecule has 1 amide bonds. The van der Waals surface area contributed by atoms with Crippen LogP contribution in [0, 0.1) is 0 Å². The summed E-state index contributed by atoms with van der Waals surface area (Å²) in [5.74, 6) is -0.846. The minimum absolute atomic E-state index is 0.0299. The first-order valence-corrected chi connectivity index (χ1v) is 7.38. The molecule has 1 atom stereocenters. The van der Waals surface area contributed by atoms with Gasteiger partial charge in [0.25, 0.3) is 0 Å². The van der Waals surface area contributed by atoms with Crippen molar-refractivity contribution in [3.63, 3.8) is 0 Å². The van der Waals surface area contributed by atoms with E-state index in [9.17, 15) is 14.7 Å². The van der Waals surface area contributed by atoms with Crippen molar-refractivity contribution in [2.24, 2.45) is 0 Å². The average Bonchev–Trinajstić information content (AvgIpc) is 2.87. The number of aliphatic hydroxyl groups is 1. The van der Waals surface area contributed by atoms with E-state index in [1.807, 2.05) is 18.2 Å². The minimum Gasteiger partial charge on any atom is -0.480 e. The molecule has 1 aromatic rings. The number of nitrogens with zero attached hydrogens (tertiary/aromatic N) is 2. The van der Waals surface area contributed by atoms with Crippen molar-refractivity contribution in [3.05, 3.63) is 29.3 Å². The van der Waals surface area contributed by atoms with Crippen LogP contribution in [0.3, 0.4) is 0 Å². The molecule has 0 spiro atoms. The summed E-state index contributed by atoms with van der Waals surface area (Å²) < 4.78 is 0. The van der Waals surface area contributed by atoms with E-state index in [4.69, 9.17) is 5.11 Å². The summed E-state index contributed by atoms with van der Waals surface area (Å²) in [6, 6.07) is 5.66. The second-order valence-corrected chi connectivity index (χ2v) is 5.74. The van der Waals surface area contributed by atoms with Crippen LogP contribution in [0.5, 0.6) is 0 Å². The highest BCUT2D eigenvalue weighted by atomic mass is 16.4. The highest BCUT2D eigenvalue weighted by Crippen LogP contribution is 2.31. The Hall–Kier alpha value is -1.92. The van der Waals surface area contributed by atoms with Gasteiger partial charge in [-0.3, -0.25) is 14.5 Å². The summed E-state index contributed by atoms with van der Waals surface area (Å²) in [5, 5.41) is 19.0. The Morgan fingerprint density at radius 2 is 2.14 bits per heavy atom. The van der Waals surface area contributed by atoms with Gasteiger partial charge in [-0.15, -0.1) is 0 Å². The monoisotopic (exact) mass is 306 g/mol. The fourth-order valence-corrected chi connectivity index (χ4v) is 2.78. The molecule has 1 aliphatic rings. The van der Waals surface area contributed by atoms with E-state index in [0.717, 1.165) is 23.2 Å². The van der Waals surface area contributed by atoms with Crippen LogP contribution in [0.1, 0.15) is 30.6 Å². The van der Waals surface area contributed by atoms with Gasteiger partial charge in [0.15, 0.2) is 0 Å². The third-order valence-electron chi connectivity index (χ3n) is 3.95. The summed E-state index contributed by atoms with van der Waals surface area (Å²) in [6.07, 6.45) is 0.640. The van der Waals surface area contributed by atoms with E-state index in [1.54, 1.807) is 23.8 Å². The zero-order chi connectivity index (χ0) is 16.3.